The van der Waals surface area contributed by atoms with Crippen molar-refractivity contribution in [3.8, 4) is 0 Å². The molecule has 0 spiro atoms. The molecule has 0 atom stereocenters. The first-order valence-corrected chi connectivity index (χ1v) is 3.50. The molecule has 42 valence electrons. The lowest BCUT2D eigenvalue weighted by atomic mass is 10.5. The van der Waals surface area contributed by atoms with Crippen molar-refractivity contribution in [1.29, 1.82) is 0 Å². The maximum absolute atomic E-state index is 10.2. The van der Waals surface area contributed by atoms with Crippen molar-refractivity contribution < 1.29 is 4.79 Å². The van der Waals surface area contributed by atoms with Gasteiger partial charge in [0.1, 0.15) is 5.78 Å². The van der Waals surface area contributed by atoms with Gasteiger partial charge in [-0.3, -0.25) is 4.79 Å². The van der Waals surface area contributed by atoms with E-state index in [0.717, 1.165) is 5.75 Å². The third kappa shape index (κ3) is 6.02. The van der Waals surface area contributed by atoms with Crippen LogP contribution in [0, 0.1) is 0 Å². The number of carbonyl (C=O) groups is 1. The first-order chi connectivity index (χ1) is 3.27. The van der Waals surface area contributed by atoms with Crippen molar-refractivity contribution in [2.45, 2.75) is 13.8 Å². The van der Waals surface area contributed by atoms with Gasteiger partial charge in [-0.05, 0) is 12.7 Å². The van der Waals surface area contributed by atoms with E-state index in [1.54, 1.807) is 18.7 Å². The molecular formula is C5H10OS. The standard InChI is InChI=1S/C5H10OS/c1-3-7-4-5(2)6/h3-4H2,1-2H3. The van der Waals surface area contributed by atoms with E-state index < -0.39 is 0 Å². The van der Waals surface area contributed by atoms with Gasteiger partial charge < -0.3 is 0 Å². The smallest absolute Gasteiger partial charge is 0.139 e. The Morgan fingerprint density at radius 1 is 1.71 bits per heavy atom. The maximum Gasteiger partial charge on any atom is 0.139 e. The molecule has 0 fully saturated rings. The van der Waals surface area contributed by atoms with Crippen LogP contribution in [-0.4, -0.2) is 17.3 Å². The molecule has 0 aliphatic heterocycles. The fraction of sp³-hybridized carbons (Fsp3) is 0.800. The second-order valence-electron chi connectivity index (χ2n) is 1.34. The van der Waals surface area contributed by atoms with Crippen LogP contribution in [0.1, 0.15) is 13.8 Å². The number of Topliss-reactive ketones (excluding diaryl/α,β-unsaturated/α-hetero) is 1. The Kier molecular flexibility index (Phi) is 4.20. The largest absolute Gasteiger partial charge is 0.299 e. The van der Waals surface area contributed by atoms with Crippen LogP contribution in [0.5, 0.6) is 0 Å². The van der Waals surface area contributed by atoms with Gasteiger partial charge in [0.15, 0.2) is 0 Å². The Bertz CT molecular complexity index is 61.1. The average molecular weight is 118 g/mol. The minimum atomic E-state index is 0.270. The highest BCUT2D eigenvalue weighted by Crippen LogP contribution is 1.96. The molecule has 1 nitrogen and oxygen atoms in total. The summed E-state index contributed by atoms with van der Waals surface area (Å²) in [5, 5.41) is 0. The summed E-state index contributed by atoms with van der Waals surface area (Å²) < 4.78 is 0. The van der Waals surface area contributed by atoms with E-state index in [9.17, 15) is 4.79 Å². The van der Waals surface area contributed by atoms with Gasteiger partial charge in [0.05, 0.1) is 5.75 Å². The molecule has 2 heteroatoms. The molecule has 0 rings (SSSR count). The summed E-state index contributed by atoms with van der Waals surface area (Å²) in [6.07, 6.45) is 0. The molecule has 0 unspecified atom stereocenters. The SMILES string of the molecule is CCSCC(C)=O. The monoisotopic (exact) mass is 118 g/mol. The summed E-state index contributed by atoms with van der Waals surface area (Å²) >= 11 is 1.67. The number of hydrogen-bond donors (Lipinski definition) is 0. The predicted octanol–water partition coefficient (Wildman–Crippen LogP) is 1.33. The van der Waals surface area contributed by atoms with Crippen LogP contribution in [0.3, 0.4) is 0 Å². The highest BCUT2D eigenvalue weighted by molar-refractivity contribution is 7.99. The summed E-state index contributed by atoms with van der Waals surface area (Å²) in [6, 6.07) is 0. The first kappa shape index (κ1) is 7.02. The molecule has 7 heavy (non-hydrogen) atoms. The fourth-order valence-electron chi connectivity index (χ4n) is 0.246. The summed E-state index contributed by atoms with van der Waals surface area (Å²) in [7, 11) is 0. The summed E-state index contributed by atoms with van der Waals surface area (Å²) in [5.74, 6) is 1.99. The zero-order chi connectivity index (χ0) is 5.70. The van der Waals surface area contributed by atoms with Crippen LogP contribution < -0.4 is 0 Å². The summed E-state index contributed by atoms with van der Waals surface area (Å²) in [5.41, 5.74) is 0. The highest BCUT2D eigenvalue weighted by Gasteiger charge is 1.87. The van der Waals surface area contributed by atoms with E-state index in [2.05, 4.69) is 0 Å². The maximum atomic E-state index is 10.2. The van der Waals surface area contributed by atoms with Gasteiger partial charge in [-0.1, -0.05) is 6.92 Å². The Balaban J connectivity index is 2.82. The van der Waals surface area contributed by atoms with Crippen LogP contribution in [0.2, 0.25) is 0 Å². The lowest BCUT2D eigenvalue weighted by Crippen LogP contribution is -1.92. The van der Waals surface area contributed by atoms with Crippen molar-refractivity contribution in [3.63, 3.8) is 0 Å². The van der Waals surface area contributed by atoms with Gasteiger partial charge in [0, 0.05) is 0 Å². The van der Waals surface area contributed by atoms with Crippen LogP contribution in [0.15, 0.2) is 0 Å². The van der Waals surface area contributed by atoms with Crippen LogP contribution in [0.4, 0.5) is 0 Å². The van der Waals surface area contributed by atoms with Crippen molar-refractivity contribution in [1.82, 2.24) is 0 Å². The molecule has 0 aromatic heterocycles. The molecule has 0 aromatic carbocycles. The van der Waals surface area contributed by atoms with Crippen molar-refractivity contribution in [2.24, 2.45) is 0 Å². The molecular weight excluding hydrogens is 108 g/mol. The third-order valence-corrected chi connectivity index (χ3v) is 1.53. The van der Waals surface area contributed by atoms with E-state index in [-0.39, 0.29) is 5.78 Å². The number of thioether (sulfide) groups is 1. The van der Waals surface area contributed by atoms with E-state index in [4.69, 9.17) is 0 Å². The van der Waals surface area contributed by atoms with Gasteiger partial charge in [-0.25, -0.2) is 0 Å². The minimum Gasteiger partial charge on any atom is -0.299 e. The second kappa shape index (κ2) is 4.19. The van der Waals surface area contributed by atoms with Crippen molar-refractivity contribution >= 4 is 17.5 Å². The lowest BCUT2D eigenvalue weighted by molar-refractivity contribution is -0.114. The van der Waals surface area contributed by atoms with Gasteiger partial charge in [0.25, 0.3) is 0 Å². The van der Waals surface area contributed by atoms with Crippen LogP contribution in [-0.2, 0) is 4.79 Å². The molecule has 0 heterocycles. The lowest BCUT2D eigenvalue weighted by Gasteiger charge is -1.87. The second-order valence-corrected chi connectivity index (χ2v) is 2.61. The van der Waals surface area contributed by atoms with Gasteiger partial charge >= 0.3 is 0 Å². The van der Waals surface area contributed by atoms with Crippen LogP contribution in [0.25, 0.3) is 0 Å². The Morgan fingerprint density at radius 2 is 2.29 bits per heavy atom. The third-order valence-electron chi connectivity index (χ3n) is 0.509. The first-order valence-electron chi connectivity index (χ1n) is 2.34. The molecule has 0 aromatic rings. The molecule has 0 saturated carbocycles. The molecule has 0 amide bonds. The van der Waals surface area contributed by atoms with Gasteiger partial charge in [0.2, 0.25) is 0 Å². The van der Waals surface area contributed by atoms with Crippen molar-refractivity contribution in [3.05, 3.63) is 0 Å². The normalized spacial score (nSPS) is 8.86. The number of hydrogen-bond acceptors (Lipinski definition) is 2. The number of ketones is 1. The predicted molar refractivity (Wildman–Crippen MR) is 33.7 cm³/mol. The van der Waals surface area contributed by atoms with E-state index in [0.29, 0.717) is 5.75 Å². The molecule has 0 saturated heterocycles. The molecule has 0 N–H and O–H groups in total. The topological polar surface area (TPSA) is 17.1 Å². The van der Waals surface area contributed by atoms with Gasteiger partial charge in [-0.2, -0.15) is 11.8 Å². The van der Waals surface area contributed by atoms with Gasteiger partial charge in [-0.15, -0.1) is 0 Å². The minimum absolute atomic E-state index is 0.270. The quantitative estimate of drug-likeness (QED) is 0.556. The molecule has 0 bridgehead atoms. The van der Waals surface area contributed by atoms with E-state index in [1.165, 1.54) is 0 Å². The molecule has 0 aliphatic rings. The van der Waals surface area contributed by atoms with Crippen LogP contribution >= 0.6 is 11.8 Å². The highest BCUT2D eigenvalue weighted by atomic mass is 32.2. The van der Waals surface area contributed by atoms with E-state index >= 15 is 0 Å². The van der Waals surface area contributed by atoms with Crippen molar-refractivity contribution in [2.75, 3.05) is 11.5 Å². The number of carbonyl (C=O) groups excluding carboxylic acids is 1. The molecule has 0 aliphatic carbocycles. The van der Waals surface area contributed by atoms with E-state index in [1.807, 2.05) is 6.92 Å². The summed E-state index contributed by atoms with van der Waals surface area (Å²) in [6.45, 7) is 3.66. The zero-order valence-electron chi connectivity index (χ0n) is 4.73. The Morgan fingerprint density at radius 3 is 2.43 bits per heavy atom. The number of rotatable bonds is 3. The zero-order valence-corrected chi connectivity index (χ0v) is 5.55. The summed E-state index contributed by atoms with van der Waals surface area (Å²) in [4.78, 5) is 10.2. The average Bonchev–Trinajstić information content (AvgIpc) is 1.61. The molecule has 0 radical (unpaired) electrons. The Labute approximate surface area is 48.5 Å². The fourth-order valence-corrected chi connectivity index (χ4v) is 0.737. The Hall–Kier alpha value is 0.0200.